The molecule has 0 radical (unpaired) electrons. The number of rotatable bonds is 3. The van der Waals surface area contributed by atoms with Crippen molar-refractivity contribution >= 4 is 0 Å². The molecule has 2 rings (SSSR count). The van der Waals surface area contributed by atoms with Gasteiger partial charge in [-0.15, -0.1) is 0 Å². The van der Waals surface area contributed by atoms with Crippen LogP contribution in [0.1, 0.15) is 46.5 Å². The Bertz CT molecular complexity index is 203. The molecule has 15 heavy (non-hydrogen) atoms. The summed E-state index contributed by atoms with van der Waals surface area (Å²) in [5.74, 6) is 0.893. The molecule has 0 spiro atoms. The van der Waals surface area contributed by atoms with Crippen molar-refractivity contribution in [3.63, 3.8) is 0 Å². The molecule has 2 nitrogen and oxygen atoms in total. The lowest BCUT2D eigenvalue weighted by atomic mass is 9.92. The lowest BCUT2D eigenvalue weighted by Crippen LogP contribution is -2.41. The van der Waals surface area contributed by atoms with E-state index in [9.17, 15) is 0 Å². The van der Waals surface area contributed by atoms with E-state index in [2.05, 4.69) is 31.0 Å². The molecule has 1 unspecified atom stereocenters. The van der Waals surface area contributed by atoms with Crippen LogP contribution in [0.5, 0.6) is 0 Å². The van der Waals surface area contributed by atoms with Crippen LogP contribution in [0.2, 0.25) is 0 Å². The highest BCUT2D eigenvalue weighted by atomic mass is 15.2. The average molecular weight is 210 g/mol. The number of nitrogens with zero attached hydrogens (tertiary/aromatic N) is 1. The van der Waals surface area contributed by atoms with Crippen LogP contribution >= 0.6 is 0 Å². The van der Waals surface area contributed by atoms with Gasteiger partial charge in [0.15, 0.2) is 0 Å². The maximum absolute atomic E-state index is 3.63. The van der Waals surface area contributed by atoms with Crippen LogP contribution in [0.4, 0.5) is 0 Å². The van der Waals surface area contributed by atoms with Gasteiger partial charge in [-0.3, -0.25) is 0 Å². The standard InChI is InChI=1S/C13H26N2/c1-13(2,3)14-9-11-7-8-15(10-11)12-5-4-6-12/h11-12,14H,4-10H2,1-3H3. The predicted octanol–water partition coefficient (Wildman–Crippen LogP) is 2.25. The molecule has 1 saturated heterocycles. The second-order valence-corrected chi connectivity index (χ2v) is 6.37. The quantitative estimate of drug-likeness (QED) is 0.768. The summed E-state index contributed by atoms with van der Waals surface area (Å²) in [6.07, 6.45) is 5.78. The van der Waals surface area contributed by atoms with E-state index in [1.807, 2.05) is 0 Å². The number of hydrogen-bond acceptors (Lipinski definition) is 2. The Morgan fingerprint density at radius 1 is 1.20 bits per heavy atom. The first-order valence-electron chi connectivity index (χ1n) is 6.54. The molecule has 1 atom stereocenters. The second-order valence-electron chi connectivity index (χ2n) is 6.37. The molecule has 1 aliphatic heterocycles. The molecular weight excluding hydrogens is 184 g/mol. The van der Waals surface area contributed by atoms with Gasteiger partial charge in [0.2, 0.25) is 0 Å². The smallest absolute Gasteiger partial charge is 0.00966 e. The minimum absolute atomic E-state index is 0.282. The molecule has 0 aromatic rings. The fourth-order valence-electron chi connectivity index (χ4n) is 2.56. The van der Waals surface area contributed by atoms with E-state index in [0.717, 1.165) is 12.0 Å². The predicted molar refractivity (Wildman–Crippen MR) is 65.1 cm³/mol. The van der Waals surface area contributed by atoms with Crippen LogP contribution in [-0.4, -0.2) is 36.1 Å². The molecule has 1 heterocycles. The highest BCUT2D eigenvalue weighted by Crippen LogP contribution is 2.29. The summed E-state index contributed by atoms with van der Waals surface area (Å²) in [6, 6.07) is 0.949. The third-order valence-electron chi connectivity index (χ3n) is 3.83. The van der Waals surface area contributed by atoms with Crippen molar-refractivity contribution in [2.75, 3.05) is 19.6 Å². The van der Waals surface area contributed by atoms with E-state index < -0.39 is 0 Å². The molecular formula is C13H26N2. The Kier molecular flexibility index (Phi) is 3.36. The molecule has 1 N–H and O–H groups in total. The fraction of sp³-hybridized carbons (Fsp3) is 1.00. The molecule has 1 saturated carbocycles. The molecule has 2 fully saturated rings. The number of hydrogen-bond donors (Lipinski definition) is 1. The third kappa shape index (κ3) is 3.18. The van der Waals surface area contributed by atoms with Gasteiger partial charge in [0.05, 0.1) is 0 Å². The lowest BCUT2D eigenvalue weighted by Gasteiger charge is -2.34. The van der Waals surface area contributed by atoms with Crippen LogP contribution in [-0.2, 0) is 0 Å². The Morgan fingerprint density at radius 2 is 1.93 bits per heavy atom. The van der Waals surface area contributed by atoms with Crippen LogP contribution in [0, 0.1) is 5.92 Å². The van der Waals surface area contributed by atoms with Gasteiger partial charge in [0.1, 0.15) is 0 Å². The summed E-state index contributed by atoms with van der Waals surface area (Å²) in [5, 5.41) is 3.63. The topological polar surface area (TPSA) is 15.3 Å². The summed E-state index contributed by atoms with van der Waals surface area (Å²) in [5.41, 5.74) is 0.282. The first-order valence-corrected chi connectivity index (χ1v) is 6.54. The van der Waals surface area contributed by atoms with E-state index in [-0.39, 0.29) is 5.54 Å². The lowest BCUT2D eigenvalue weighted by molar-refractivity contribution is 0.152. The second kappa shape index (κ2) is 4.42. The van der Waals surface area contributed by atoms with Crippen molar-refractivity contribution in [1.82, 2.24) is 10.2 Å². The van der Waals surface area contributed by atoms with Gasteiger partial charge in [-0.25, -0.2) is 0 Å². The molecule has 2 aliphatic rings. The van der Waals surface area contributed by atoms with E-state index in [1.54, 1.807) is 0 Å². The van der Waals surface area contributed by atoms with E-state index in [1.165, 1.54) is 45.3 Å². The van der Waals surface area contributed by atoms with Gasteiger partial charge in [0.25, 0.3) is 0 Å². The van der Waals surface area contributed by atoms with Gasteiger partial charge in [-0.05, 0) is 59.0 Å². The first-order chi connectivity index (χ1) is 7.04. The molecule has 0 aromatic heterocycles. The minimum Gasteiger partial charge on any atom is -0.312 e. The summed E-state index contributed by atoms with van der Waals surface area (Å²) in [6.45, 7) is 10.7. The van der Waals surface area contributed by atoms with Crippen molar-refractivity contribution in [3.8, 4) is 0 Å². The van der Waals surface area contributed by atoms with E-state index in [4.69, 9.17) is 0 Å². The van der Waals surface area contributed by atoms with Gasteiger partial charge >= 0.3 is 0 Å². The monoisotopic (exact) mass is 210 g/mol. The molecule has 0 aromatic carbocycles. The van der Waals surface area contributed by atoms with Gasteiger partial charge < -0.3 is 10.2 Å². The van der Waals surface area contributed by atoms with Crippen molar-refractivity contribution < 1.29 is 0 Å². The maximum Gasteiger partial charge on any atom is 0.00966 e. The van der Waals surface area contributed by atoms with Gasteiger partial charge in [-0.1, -0.05) is 6.42 Å². The summed E-state index contributed by atoms with van der Waals surface area (Å²) >= 11 is 0. The van der Waals surface area contributed by atoms with Crippen molar-refractivity contribution in [1.29, 1.82) is 0 Å². The average Bonchev–Trinajstić information content (AvgIpc) is 2.45. The fourth-order valence-corrected chi connectivity index (χ4v) is 2.56. The molecule has 88 valence electrons. The summed E-state index contributed by atoms with van der Waals surface area (Å²) < 4.78 is 0. The number of likely N-dealkylation sites (tertiary alicyclic amines) is 1. The van der Waals surface area contributed by atoms with Crippen LogP contribution in [0.15, 0.2) is 0 Å². The minimum atomic E-state index is 0.282. The molecule has 0 bridgehead atoms. The Morgan fingerprint density at radius 3 is 2.47 bits per heavy atom. The molecule has 1 aliphatic carbocycles. The SMILES string of the molecule is CC(C)(C)NCC1CCN(C2CCC2)C1. The largest absolute Gasteiger partial charge is 0.312 e. The van der Waals surface area contributed by atoms with Crippen molar-refractivity contribution in [2.24, 2.45) is 5.92 Å². The van der Waals surface area contributed by atoms with Crippen LogP contribution in [0.3, 0.4) is 0 Å². The zero-order chi connectivity index (χ0) is 10.9. The maximum atomic E-state index is 3.63. The number of nitrogens with one attached hydrogen (secondary N) is 1. The van der Waals surface area contributed by atoms with E-state index in [0.29, 0.717) is 0 Å². The van der Waals surface area contributed by atoms with E-state index >= 15 is 0 Å². The summed E-state index contributed by atoms with van der Waals surface area (Å²) in [4.78, 5) is 2.72. The Balaban J connectivity index is 1.68. The molecule has 0 amide bonds. The summed E-state index contributed by atoms with van der Waals surface area (Å²) in [7, 11) is 0. The third-order valence-corrected chi connectivity index (χ3v) is 3.83. The molecule has 2 heteroatoms. The van der Waals surface area contributed by atoms with Gasteiger partial charge in [-0.2, -0.15) is 0 Å². The highest BCUT2D eigenvalue weighted by Gasteiger charge is 2.31. The van der Waals surface area contributed by atoms with Crippen molar-refractivity contribution in [3.05, 3.63) is 0 Å². The zero-order valence-corrected chi connectivity index (χ0v) is 10.6. The zero-order valence-electron chi connectivity index (χ0n) is 10.6. The van der Waals surface area contributed by atoms with Gasteiger partial charge in [0, 0.05) is 18.1 Å². The highest BCUT2D eigenvalue weighted by molar-refractivity contribution is 4.87. The van der Waals surface area contributed by atoms with Crippen LogP contribution in [0.25, 0.3) is 0 Å². The first kappa shape index (κ1) is 11.4. The Labute approximate surface area is 94.4 Å². The van der Waals surface area contributed by atoms with Crippen LogP contribution < -0.4 is 5.32 Å². The Hall–Kier alpha value is -0.0800. The van der Waals surface area contributed by atoms with Crippen molar-refractivity contribution in [2.45, 2.75) is 58.0 Å². The normalized spacial score (nSPS) is 29.4.